The minimum Gasteiger partial charge on any atom is -0.126 e. The van der Waals surface area contributed by atoms with E-state index in [9.17, 15) is 0 Å². The Hall–Kier alpha value is -0.530. The number of hydrazone groups is 1. The minimum atomic E-state index is 0.934. The highest BCUT2D eigenvalue weighted by Gasteiger charge is 1.89. The average molecular weight is 86.1 g/mol. The van der Waals surface area contributed by atoms with Crippen LogP contribution in [-0.2, 0) is 0 Å². The molecule has 0 rings (SSSR count). The van der Waals surface area contributed by atoms with Gasteiger partial charge in [-0.05, 0) is 6.92 Å². The van der Waals surface area contributed by atoms with Crippen molar-refractivity contribution in [3.05, 3.63) is 0 Å². The molecule has 2 nitrogen and oxygen atoms in total. The monoisotopic (exact) mass is 86.1 g/mol. The third-order valence-electron chi connectivity index (χ3n) is 0.699. The van der Waals surface area contributed by atoms with Crippen LogP contribution in [0.3, 0.4) is 0 Å². The Morgan fingerprint density at radius 1 is 1.83 bits per heavy atom. The van der Waals surface area contributed by atoms with E-state index in [4.69, 9.17) is 0 Å². The summed E-state index contributed by atoms with van der Waals surface area (Å²) in [7, 11) is 1.88. The van der Waals surface area contributed by atoms with Gasteiger partial charge in [-0.2, -0.15) is 0 Å². The van der Waals surface area contributed by atoms with Crippen molar-refractivity contribution in [2.24, 2.45) is 0 Å². The molecule has 0 amide bonds. The van der Waals surface area contributed by atoms with Gasteiger partial charge in [0.25, 0.3) is 0 Å². The summed E-state index contributed by atoms with van der Waals surface area (Å²) in [4.78, 5) is 0. The molecule has 0 atom stereocenters. The lowest BCUT2D eigenvalue weighted by Crippen LogP contribution is -2.17. The zero-order valence-corrected chi connectivity index (χ0v) is 4.31. The van der Waals surface area contributed by atoms with E-state index in [2.05, 4.69) is 11.8 Å². The second-order valence-electron chi connectivity index (χ2n) is 1.12. The predicted octanol–water partition coefficient (Wildman–Crippen LogP) is -0.111. The number of rotatable bonds is 2. The molecule has 0 aliphatic rings. The van der Waals surface area contributed by atoms with Crippen LogP contribution >= 0.6 is 0 Å². The normalized spacial score (nSPS) is 7.67. The molecule has 0 bridgehead atoms. The lowest BCUT2D eigenvalue weighted by atomic mass is 10.7. The van der Waals surface area contributed by atoms with Gasteiger partial charge in [-0.3, -0.25) is 0 Å². The first-order valence-electron chi connectivity index (χ1n) is 1.99. The molecule has 0 saturated carbocycles. The first-order chi connectivity index (χ1) is 2.81. The minimum absolute atomic E-state index is 0.934. The Balaban J connectivity index is 2.96. The number of hydrogen-bond donors (Lipinski definition) is 0. The van der Waals surface area contributed by atoms with E-state index in [1.165, 1.54) is 0 Å². The maximum atomic E-state index is 3.59. The van der Waals surface area contributed by atoms with E-state index in [1.807, 2.05) is 14.0 Å². The fourth-order valence-electron chi connectivity index (χ4n) is 0.1000. The molecule has 2 heteroatoms. The largest absolute Gasteiger partial charge is 0.240 e. The van der Waals surface area contributed by atoms with Crippen LogP contribution in [-0.4, -0.2) is 25.3 Å². The van der Waals surface area contributed by atoms with Crippen molar-refractivity contribution < 1.29 is 0 Å². The van der Waals surface area contributed by atoms with E-state index in [1.54, 1.807) is 5.01 Å². The average Bonchev–Trinajstić information content (AvgIpc) is 1.65. The van der Waals surface area contributed by atoms with Crippen molar-refractivity contribution >= 4 is 6.72 Å². The van der Waals surface area contributed by atoms with Crippen LogP contribution in [0.5, 0.6) is 0 Å². The summed E-state index contributed by atoms with van der Waals surface area (Å²) in [5.41, 5.74) is 0. The SMILES string of the molecule is C=[N+]N(C)CC. The van der Waals surface area contributed by atoms with Crippen LogP contribution in [0.25, 0.3) is 0 Å². The van der Waals surface area contributed by atoms with Gasteiger partial charge in [-0.25, -0.2) is 0 Å². The van der Waals surface area contributed by atoms with Crippen molar-refractivity contribution in [3.63, 3.8) is 0 Å². The second-order valence-corrected chi connectivity index (χ2v) is 1.12. The van der Waals surface area contributed by atoms with Gasteiger partial charge in [0.2, 0.25) is 6.72 Å². The summed E-state index contributed by atoms with van der Waals surface area (Å²) >= 11 is 0. The molecule has 0 aliphatic carbocycles. The van der Waals surface area contributed by atoms with Crippen LogP contribution in [0, 0.1) is 0 Å². The summed E-state index contributed by atoms with van der Waals surface area (Å²) in [6.07, 6.45) is 0. The maximum absolute atomic E-state index is 3.59. The van der Waals surface area contributed by atoms with Gasteiger partial charge in [-0.1, -0.05) is 0 Å². The number of nitrogens with zero attached hydrogens (tertiary/aromatic N) is 2. The van der Waals surface area contributed by atoms with Crippen molar-refractivity contribution in [2.45, 2.75) is 6.92 Å². The zero-order chi connectivity index (χ0) is 4.99. The van der Waals surface area contributed by atoms with E-state index < -0.39 is 0 Å². The summed E-state index contributed by atoms with van der Waals surface area (Å²) in [6.45, 7) is 6.26. The van der Waals surface area contributed by atoms with Gasteiger partial charge < -0.3 is 0 Å². The molecule has 0 N–H and O–H groups in total. The Kier molecular flexibility index (Phi) is 2.46. The van der Waals surface area contributed by atoms with Gasteiger partial charge in [0.05, 0.1) is 13.6 Å². The summed E-state index contributed by atoms with van der Waals surface area (Å²) in [6, 6.07) is 0. The maximum Gasteiger partial charge on any atom is 0.240 e. The highest BCUT2D eigenvalue weighted by atomic mass is 15.4. The highest BCUT2D eigenvalue weighted by Crippen LogP contribution is 1.63. The van der Waals surface area contributed by atoms with Crippen LogP contribution < -0.4 is 5.10 Å². The molecular weight excluding hydrogens is 76.1 g/mol. The predicted molar refractivity (Wildman–Crippen MR) is 27.6 cm³/mol. The van der Waals surface area contributed by atoms with Gasteiger partial charge >= 0.3 is 0 Å². The summed E-state index contributed by atoms with van der Waals surface area (Å²) < 4.78 is 0. The topological polar surface area (TPSA) is 17.3 Å². The van der Waals surface area contributed by atoms with Gasteiger partial charge in [0.15, 0.2) is 5.10 Å². The second kappa shape index (κ2) is 2.69. The summed E-state index contributed by atoms with van der Waals surface area (Å²) in [5, 5.41) is 5.35. The molecule has 0 aromatic rings. The third kappa shape index (κ3) is 1.76. The lowest BCUT2D eigenvalue weighted by Gasteiger charge is -1.89. The molecule has 0 unspecified atom stereocenters. The molecule has 0 aliphatic heterocycles. The van der Waals surface area contributed by atoms with Gasteiger partial charge in [0, 0.05) is 0 Å². The van der Waals surface area contributed by atoms with Gasteiger partial charge in [0.1, 0.15) is 0 Å². The molecule has 0 aromatic heterocycles. The molecule has 0 heterocycles. The molecule has 0 spiro atoms. The van der Waals surface area contributed by atoms with E-state index in [0.717, 1.165) is 6.54 Å². The smallest absolute Gasteiger partial charge is 0.126 e. The van der Waals surface area contributed by atoms with Crippen molar-refractivity contribution in [1.82, 2.24) is 10.1 Å². The van der Waals surface area contributed by atoms with Gasteiger partial charge in [-0.15, -0.1) is 5.01 Å². The van der Waals surface area contributed by atoms with Crippen LogP contribution in [0.15, 0.2) is 0 Å². The fourth-order valence-corrected chi connectivity index (χ4v) is 0.1000. The molecule has 6 heavy (non-hydrogen) atoms. The molecule has 1 radical (unpaired) electrons. The summed E-state index contributed by atoms with van der Waals surface area (Å²) in [5.74, 6) is 0. The molecule has 0 fully saturated rings. The van der Waals surface area contributed by atoms with E-state index in [0.29, 0.717) is 0 Å². The van der Waals surface area contributed by atoms with Crippen molar-refractivity contribution in [2.75, 3.05) is 13.6 Å². The van der Waals surface area contributed by atoms with Crippen molar-refractivity contribution in [1.29, 1.82) is 0 Å². The Labute approximate surface area is 38.5 Å². The van der Waals surface area contributed by atoms with Crippen molar-refractivity contribution in [3.8, 4) is 0 Å². The quantitative estimate of drug-likeness (QED) is 0.338. The number of hydrogen-bond acceptors (Lipinski definition) is 2. The molecule has 0 aromatic carbocycles. The fraction of sp³-hybridized carbons (Fsp3) is 0.750. The zero-order valence-electron chi connectivity index (χ0n) is 4.31. The van der Waals surface area contributed by atoms with Crippen LogP contribution in [0.2, 0.25) is 0 Å². The van der Waals surface area contributed by atoms with Crippen LogP contribution in [0.1, 0.15) is 6.92 Å². The lowest BCUT2D eigenvalue weighted by molar-refractivity contribution is 0.330. The molecular formula is C4H10N2+. The van der Waals surface area contributed by atoms with E-state index >= 15 is 0 Å². The molecule has 0 saturated heterocycles. The third-order valence-corrected chi connectivity index (χ3v) is 0.699. The Morgan fingerprint density at radius 2 is 2.33 bits per heavy atom. The standard InChI is InChI=1S/C4H10N2/c1-4-6(3)5-2/h2,4H2,1,3H3/q+1. The highest BCUT2D eigenvalue weighted by molar-refractivity contribution is 5.20. The molecule has 35 valence electrons. The Bertz CT molecular complexity index is 42.8. The first kappa shape index (κ1) is 5.47. The first-order valence-corrected chi connectivity index (χ1v) is 1.99. The Morgan fingerprint density at radius 3 is 2.33 bits per heavy atom. The van der Waals surface area contributed by atoms with E-state index in [-0.39, 0.29) is 0 Å². The van der Waals surface area contributed by atoms with Crippen LogP contribution in [0.4, 0.5) is 0 Å².